The maximum absolute atomic E-state index is 10.3. The van der Waals surface area contributed by atoms with E-state index < -0.39 is 6.43 Å². The van der Waals surface area contributed by atoms with Gasteiger partial charge in [0.25, 0.3) is 0 Å². The molecule has 180 valence electrons. The molecule has 1 fully saturated rings. The Morgan fingerprint density at radius 3 is 2.16 bits per heavy atom. The summed E-state index contributed by atoms with van der Waals surface area (Å²) >= 11 is 11.2. The molecule has 0 saturated carbocycles. The number of hydrazone groups is 1. The minimum absolute atomic E-state index is 0.193. The lowest BCUT2D eigenvalue weighted by molar-refractivity contribution is -0.108. The third kappa shape index (κ3) is 12.7. The molecular weight excluding hydrogens is 464 g/mol. The van der Waals surface area contributed by atoms with Crippen LogP contribution in [0.4, 0.5) is 13.2 Å². The average Bonchev–Trinajstić information content (AvgIpc) is 2.80. The molecule has 1 aromatic rings. The molecule has 2 rings (SSSR count). The molecule has 0 spiro atoms. The van der Waals surface area contributed by atoms with Gasteiger partial charge in [-0.1, -0.05) is 35.3 Å². The van der Waals surface area contributed by atoms with Crippen molar-refractivity contribution in [3.05, 3.63) is 46.1 Å². The molecule has 1 aliphatic heterocycles. The zero-order valence-corrected chi connectivity index (χ0v) is 20.4. The van der Waals surface area contributed by atoms with E-state index in [1.807, 2.05) is 24.3 Å². The number of carbonyl (C=O) groups is 1. The molecule has 0 aromatic heterocycles. The van der Waals surface area contributed by atoms with E-state index >= 15 is 0 Å². The first-order valence-electron chi connectivity index (χ1n) is 9.62. The number of nitriles is 1. The van der Waals surface area contributed by atoms with E-state index in [0.717, 1.165) is 49.7 Å². The summed E-state index contributed by atoms with van der Waals surface area (Å²) < 4.78 is 30.2. The highest BCUT2D eigenvalue weighted by Crippen LogP contribution is 2.34. The van der Waals surface area contributed by atoms with Crippen molar-refractivity contribution < 1.29 is 18.0 Å². The van der Waals surface area contributed by atoms with Gasteiger partial charge in [-0.25, -0.2) is 8.78 Å². The lowest BCUT2D eigenvalue weighted by Gasteiger charge is -2.35. The van der Waals surface area contributed by atoms with Crippen LogP contribution in [-0.4, -0.2) is 63.2 Å². The highest BCUT2D eigenvalue weighted by molar-refractivity contribution is 6.30. The van der Waals surface area contributed by atoms with Gasteiger partial charge in [-0.05, 0) is 64.5 Å². The molecule has 0 aliphatic carbocycles. The molecule has 0 bridgehead atoms. The van der Waals surface area contributed by atoms with Crippen LogP contribution in [0.5, 0.6) is 0 Å². The number of likely N-dealkylation sites (tertiary alicyclic amines) is 1. The fraction of sp³-hybridized carbons (Fsp3) is 0.500. The number of hydrogen-bond donors (Lipinski definition) is 0. The predicted octanol–water partition coefficient (Wildman–Crippen LogP) is 5.89. The fourth-order valence-corrected chi connectivity index (χ4v) is 2.91. The maximum atomic E-state index is 10.3. The van der Waals surface area contributed by atoms with Crippen LogP contribution >= 0.6 is 23.2 Å². The largest absolute Gasteiger partial charge is 0.306 e. The lowest BCUT2D eigenvalue weighted by Crippen LogP contribution is -2.39. The van der Waals surface area contributed by atoms with Gasteiger partial charge >= 0.3 is 0 Å². The van der Waals surface area contributed by atoms with Crippen LogP contribution in [0.1, 0.15) is 32.3 Å². The van der Waals surface area contributed by atoms with Crippen molar-refractivity contribution in [3.8, 4) is 6.07 Å². The van der Waals surface area contributed by atoms with Gasteiger partial charge in [-0.3, -0.25) is 9.40 Å². The second-order valence-electron chi connectivity index (χ2n) is 6.66. The number of halogens is 5. The van der Waals surface area contributed by atoms with Gasteiger partial charge in [0, 0.05) is 23.0 Å². The number of benzene rings is 1. The van der Waals surface area contributed by atoms with Crippen LogP contribution in [-0.2, 0) is 10.2 Å². The summed E-state index contributed by atoms with van der Waals surface area (Å²) in [6, 6.07) is 10.2. The van der Waals surface area contributed by atoms with E-state index in [9.17, 15) is 23.2 Å². The van der Waals surface area contributed by atoms with Gasteiger partial charge in [0.05, 0.1) is 25.2 Å². The van der Waals surface area contributed by atoms with Gasteiger partial charge in [0.15, 0.2) is 0 Å². The van der Waals surface area contributed by atoms with Gasteiger partial charge in [0.1, 0.15) is 6.29 Å². The van der Waals surface area contributed by atoms with Crippen molar-refractivity contribution in [3.63, 3.8) is 0 Å². The number of aldehydes is 1. The highest BCUT2D eigenvalue weighted by atomic mass is 35.5. The van der Waals surface area contributed by atoms with Crippen molar-refractivity contribution in [1.82, 2.24) is 9.91 Å². The second-order valence-corrected chi connectivity index (χ2v) is 7.32. The molecule has 0 amide bonds. The molecule has 5 nitrogen and oxygen atoms in total. The minimum atomic E-state index is -2.17. The molecular formula is C22H31Cl2F3N4O. The van der Waals surface area contributed by atoms with Crippen LogP contribution in [0.15, 0.2) is 40.6 Å². The molecule has 32 heavy (non-hydrogen) atoms. The van der Waals surface area contributed by atoms with Gasteiger partial charge < -0.3 is 9.69 Å². The summed E-state index contributed by atoms with van der Waals surface area (Å²) in [5, 5.41) is 15.1. The van der Waals surface area contributed by atoms with E-state index in [1.54, 1.807) is 6.92 Å². The number of piperidine rings is 1. The zero-order valence-electron chi connectivity index (χ0n) is 18.9. The van der Waals surface area contributed by atoms with Gasteiger partial charge in [-0.2, -0.15) is 10.4 Å². The number of nitrogens with zero attached hydrogens (tertiary/aromatic N) is 4. The Balaban J connectivity index is 0. The number of hydrogen-bond acceptors (Lipinski definition) is 5. The Bertz CT molecular complexity index is 714. The molecule has 1 heterocycles. The Morgan fingerprint density at radius 1 is 1.34 bits per heavy atom. The molecule has 0 unspecified atom stereocenters. The van der Waals surface area contributed by atoms with Crippen molar-refractivity contribution in [2.75, 3.05) is 33.9 Å². The molecule has 0 atom stereocenters. The van der Waals surface area contributed by atoms with E-state index in [2.05, 4.69) is 29.8 Å². The van der Waals surface area contributed by atoms with Crippen LogP contribution in [0, 0.1) is 11.3 Å². The Labute approximate surface area is 199 Å². The van der Waals surface area contributed by atoms with E-state index in [0.29, 0.717) is 12.9 Å². The van der Waals surface area contributed by atoms with Crippen molar-refractivity contribution in [2.24, 2.45) is 5.10 Å². The molecule has 1 aliphatic rings. The standard InChI is InChI=1S/C13H15ClN2.C6H9ClN2O.C2H4F2.CH3F/c1-16-8-6-13(10-15,7-9-16)11-2-4-12(14)5-3-11;1-6(5-7)9(8-2)3-4-10;1-2(3)4;1-2/h2-5H,6-9H2,1H3;4-5H,2-3H2,1H3;2H,1H3;1H3/b;6-5+;;. The van der Waals surface area contributed by atoms with Crippen molar-refractivity contribution in [1.29, 1.82) is 5.26 Å². The van der Waals surface area contributed by atoms with E-state index in [1.165, 1.54) is 10.5 Å². The quantitative estimate of drug-likeness (QED) is 0.291. The molecule has 0 N–H and O–H groups in total. The average molecular weight is 495 g/mol. The molecule has 1 saturated heterocycles. The molecule has 0 radical (unpaired) electrons. The van der Waals surface area contributed by atoms with Gasteiger partial charge in [-0.15, -0.1) is 0 Å². The van der Waals surface area contributed by atoms with E-state index in [-0.39, 0.29) is 12.0 Å². The van der Waals surface area contributed by atoms with Crippen LogP contribution < -0.4 is 0 Å². The third-order valence-corrected chi connectivity index (χ3v) is 5.00. The summed E-state index contributed by atoms with van der Waals surface area (Å²) in [6.07, 6.45) is 0.377. The number of rotatable bonds is 5. The van der Waals surface area contributed by atoms with Crippen LogP contribution in [0.3, 0.4) is 0 Å². The summed E-state index contributed by atoms with van der Waals surface area (Å²) in [6.45, 7) is 8.00. The third-order valence-electron chi connectivity index (χ3n) is 4.43. The number of carbonyl (C=O) groups excluding carboxylic acids is 1. The monoisotopic (exact) mass is 494 g/mol. The van der Waals surface area contributed by atoms with Crippen LogP contribution in [0.25, 0.3) is 0 Å². The lowest BCUT2D eigenvalue weighted by atomic mass is 9.74. The normalized spacial score (nSPS) is 14.8. The second kappa shape index (κ2) is 18.5. The fourth-order valence-electron chi connectivity index (χ4n) is 2.67. The van der Waals surface area contributed by atoms with Crippen LogP contribution in [0.2, 0.25) is 5.02 Å². The van der Waals surface area contributed by atoms with Crippen molar-refractivity contribution >= 4 is 36.2 Å². The number of alkyl halides is 3. The summed E-state index contributed by atoms with van der Waals surface area (Å²) in [4.78, 5) is 12.3. The summed E-state index contributed by atoms with van der Waals surface area (Å²) in [7, 11) is 2.60. The zero-order chi connectivity index (χ0) is 25.2. The van der Waals surface area contributed by atoms with Crippen molar-refractivity contribution in [2.45, 2.75) is 38.5 Å². The van der Waals surface area contributed by atoms with E-state index in [4.69, 9.17) is 23.2 Å². The summed E-state index contributed by atoms with van der Waals surface area (Å²) in [5.74, 6) is 0. The molecule has 1 aromatic carbocycles. The first kappa shape index (κ1) is 32.1. The Kier molecular flexibility index (Phi) is 18.5. The molecule has 10 heteroatoms. The first-order valence-corrected chi connectivity index (χ1v) is 10.4. The predicted molar refractivity (Wildman–Crippen MR) is 126 cm³/mol. The summed E-state index contributed by atoms with van der Waals surface area (Å²) in [5.41, 5.74) is 2.84. The minimum Gasteiger partial charge on any atom is -0.306 e. The Morgan fingerprint density at radius 2 is 1.81 bits per heavy atom. The smallest absolute Gasteiger partial charge is 0.235 e. The van der Waals surface area contributed by atoms with Gasteiger partial charge in [0.2, 0.25) is 6.43 Å². The highest BCUT2D eigenvalue weighted by Gasteiger charge is 2.35. The SMILES string of the molecule is C=NN(CC=O)/C(C)=C/Cl.CC(F)F.CF.CN1CCC(C#N)(c2ccc(Cl)cc2)CC1. The number of allylic oxidation sites excluding steroid dienone is 1. The first-order chi connectivity index (χ1) is 15.1. The maximum Gasteiger partial charge on any atom is 0.235 e. The Hall–Kier alpha value is -2.08. The topological polar surface area (TPSA) is 59.7 Å².